The molecule has 0 radical (unpaired) electrons. The van der Waals surface area contributed by atoms with E-state index in [-0.39, 0.29) is 0 Å². The summed E-state index contributed by atoms with van der Waals surface area (Å²) in [6.07, 6.45) is 5.63. The van der Waals surface area contributed by atoms with Crippen LogP contribution in [0.5, 0.6) is 0 Å². The first-order valence-corrected chi connectivity index (χ1v) is 10.5. The third-order valence-electron chi connectivity index (χ3n) is 5.26. The number of hydrogen-bond donors (Lipinski definition) is 3. The number of hydrogen-bond acceptors (Lipinski definition) is 5. The number of nitrogens with one attached hydrogen (secondary N) is 3. The molecule has 1 fully saturated rings. The molecule has 30 heavy (non-hydrogen) atoms. The molecular formula is C22H29N7O. The van der Waals surface area contributed by atoms with Crippen molar-refractivity contribution in [3.8, 4) is 11.6 Å². The molecule has 1 saturated heterocycles. The van der Waals surface area contributed by atoms with Crippen molar-refractivity contribution in [2.45, 2.75) is 38.9 Å². The van der Waals surface area contributed by atoms with Crippen molar-refractivity contribution in [2.24, 2.45) is 4.99 Å². The van der Waals surface area contributed by atoms with Gasteiger partial charge >= 0.3 is 0 Å². The molecule has 0 saturated carbocycles. The maximum atomic E-state index is 5.31. The van der Waals surface area contributed by atoms with E-state index in [2.05, 4.69) is 60.0 Å². The Hall–Kier alpha value is -3.13. The number of nitrogens with zero attached hydrogens (tertiary/aromatic N) is 4. The van der Waals surface area contributed by atoms with Crippen LogP contribution in [0, 0.1) is 0 Å². The van der Waals surface area contributed by atoms with Crippen molar-refractivity contribution in [1.82, 2.24) is 30.7 Å². The summed E-state index contributed by atoms with van der Waals surface area (Å²) in [6, 6.07) is 12.5. The van der Waals surface area contributed by atoms with E-state index in [1.165, 1.54) is 43.5 Å². The minimum Gasteiger partial charge on any atom is -0.461 e. The predicted octanol–water partition coefficient (Wildman–Crippen LogP) is 2.92. The first-order valence-electron chi connectivity index (χ1n) is 10.5. The highest BCUT2D eigenvalue weighted by atomic mass is 16.3. The minimum atomic E-state index is 0.488. The normalized spacial score (nSPS) is 15.3. The maximum Gasteiger partial charge on any atom is 0.216 e. The maximum absolute atomic E-state index is 5.31. The van der Waals surface area contributed by atoms with E-state index in [4.69, 9.17) is 4.42 Å². The van der Waals surface area contributed by atoms with Crippen LogP contribution in [0.15, 0.2) is 52.1 Å². The molecule has 2 aromatic heterocycles. The number of aromatic amines is 1. The van der Waals surface area contributed by atoms with Crippen molar-refractivity contribution < 1.29 is 4.42 Å². The summed E-state index contributed by atoms with van der Waals surface area (Å²) in [5.41, 5.74) is 2.60. The van der Waals surface area contributed by atoms with Crippen molar-refractivity contribution >= 4 is 5.96 Å². The number of likely N-dealkylation sites (tertiary alicyclic amines) is 1. The molecule has 0 bridgehead atoms. The van der Waals surface area contributed by atoms with Gasteiger partial charge in [0.2, 0.25) is 5.82 Å². The molecule has 0 unspecified atom stereocenters. The zero-order chi connectivity index (χ0) is 20.6. The smallest absolute Gasteiger partial charge is 0.216 e. The number of rotatable bonds is 7. The quantitative estimate of drug-likeness (QED) is 0.412. The summed E-state index contributed by atoms with van der Waals surface area (Å²) in [5, 5.41) is 13.7. The van der Waals surface area contributed by atoms with E-state index in [9.17, 15) is 0 Å². The average molecular weight is 408 g/mol. The lowest BCUT2D eigenvalue weighted by Gasteiger charge is -2.26. The highest BCUT2D eigenvalue weighted by Crippen LogP contribution is 2.15. The first-order chi connectivity index (χ1) is 14.8. The highest BCUT2D eigenvalue weighted by Gasteiger charge is 2.11. The van der Waals surface area contributed by atoms with Gasteiger partial charge in [0.25, 0.3) is 0 Å². The van der Waals surface area contributed by atoms with E-state index in [0.29, 0.717) is 36.5 Å². The Balaban J connectivity index is 1.23. The molecule has 3 N–H and O–H groups in total. The second kappa shape index (κ2) is 10.1. The number of guanidine groups is 1. The van der Waals surface area contributed by atoms with Gasteiger partial charge in [-0.3, -0.25) is 15.0 Å². The van der Waals surface area contributed by atoms with Gasteiger partial charge in [-0.05, 0) is 49.2 Å². The molecule has 1 aromatic carbocycles. The van der Waals surface area contributed by atoms with E-state index in [1.807, 2.05) is 12.1 Å². The van der Waals surface area contributed by atoms with Gasteiger partial charge in [0.15, 0.2) is 11.7 Å². The fraction of sp³-hybridized carbons (Fsp3) is 0.409. The molecule has 3 heterocycles. The molecule has 0 amide bonds. The van der Waals surface area contributed by atoms with Crippen molar-refractivity contribution in [1.29, 1.82) is 0 Å². The van der Waals surface area contributed by atoms with Gasteiger partial charge < -0.3 is 15.1 Å². The largest absolute Gasteiger partial charge is 0.461 e. The van der Waals surface area contributed by atoms with Gasteiger partial charge in [-0.25, -0.2) is 4.98 Å². The summed E-state index contributed by atoms with van der Waals surface area (Å²) in [4.78, 5) is 11.2. The number of aromatic nitrogens is 3. The summed E-state index contributed by atoms with van der Waals surface area (Å²) in [7, 11) is 1.76. The number of H-pyrrole nitrogens is 1. The zero-order valence-electron chi connectivity index (χ0n) is 17.4. The molecule has 4 rings (SSSR count). The van der Waals surface area contributed by atoms with E-state index < -0.39 is 0 Å². The lowest BCUT2D eigenvalue weighted by atomic mass is 10.1. The Morgan fingerprint density at radius 2 is 1.83 bits per heavy atom. The molecule has 0 atom stereocenters. The number of furan rings is 1. The van der Waals surface area contributed by atoms with Crippen LogP contribution in [0.4, 0.5) is 0 Å². The summed E-state index contributed by atoms with van der Waals surface area (Å²) in [6.45, 7) is 4.69. The van der Waals surface area contributed by atoms with Crippen LogP contribution in [0.25, 0.3) is 11.6 Å². The SMILES string of the molecule is CN=C(NCc1ccc(CN2CCCCC2)cc1)NCc1nc(-c2ccco2)n[nH]1. The molecule has 1 aliphatic heterocycles. The van der Waals surface area contributed by atoms with Crippen LogP contribution >= 0.6 is 0 Å². The molecule has 158 valence electrons. The van der Waals surface area contributed by atoms with Crippen LogP contribution in [0.1, 0.15) is 36.2 Å². The third kappa shape index (κ3) is 5.48. The van der Waals surface area contributed by atoms with Gasteiger partial charge in [0.05, 0.1) is 12.8 Å². The fourth-order valence-corrected chi connectivity index (χ4v) is 3.60. The molecule has 0 aliphatic carbocycles. The molecule has 1 aliphatic rings. The molecule has 3 aromatic rings. The Kier molecular flexibility index (Phi) is 6.76. The molecular weight excluding hydrogens is 378 g/mol. The molecule has 8 heteroatoms. The Labute approximate surface area is 176 Å². The van der Waals surface area contributed by atoms with Crippen molar-refractivity contribution in [2.75, 3.05) is 20.1 Å². The third-order valence-corrected chi connectivity index (χ3v) is 5.26. The lowest BCUT2D eigenvalue weighted by Crippen LogP contribution is -2.36. The van der Waals surface area contributed by atoms with Gasteiger partial charge in [0.1, 0.15) is 5.82 Å². The minimum absolute atomic E-state index is 0.488. The first kappa shape index (κ1) is 20.2. The lowest BCUT2D eigenvalue weighted by molar-refractivity contribution is 0.221. The average Bonchev–Trinajstić information content (AvgIpc) is 3.48. The topological polar surface area (TPSA) is 94.4 Å². The standard InChI is InChI=1S/C22H29N7O/c1-23-22(25-15-20-26-21(28-27-20)19-6-5-13-30-19)24-14-17-7-9-18(10-8-17)16-29-11-3-2-4-12-29/h5-10,13H,2-4,11-12,14-16H2,1H3,(H2,23,24,25)(H,26,27,28). The summed E-state index contributed by atoms with van der Waals surface area (Å²) in [5.74, 6) is 2.61. The summed E-state index contributed by atoms with van der Waals surface area (Å²) >= 11 is 0. The zero-order valence-corrected chi connectivity index (χ0v) is 17.4. The molecule has 0 spiro atoms. The number of benzene rings is 1. The number of aliphatic imine (C=N–C) groups is 1. The van der Waals surface area contributed by atoms with Crippen LogP contribution < -0.4 is 10.6 Å². The van der Waals surface area contributed by atoms with Crippen LogP contribution in [-0.2, 0) is 19.6 Å². The van der Waals surface area contributed by atoms with Crippen molar-refractivity contribution in [3.63, 3.8) is 0 Å². The summed E-state index contributed by atoms with van der Waals surface area (Å²) < 4.78 is 5.31. The van der Waals surface area contributed by atoms with Crippen LogP contribution in [-0.4, -0.2) is 46.2 Å². The second-order valence-electron chi connectivity index (χ2n) is 7.52. The van der Waals surface area contributed by atoms with E-state index >= 15 is 0 Å². The fourth-order valence-electron chi connectivity index (χ4n) is 3.60. The highest BCUT2D eigenvalue weighted by molar-refractivity contribution is 5.79. The van der Waals surface area contributed by atoms with E-state index in [1.54, 1.807) is 13.3 Å². The molecule has 8 nitrogen and oxygen atoms in total. The van der Waals surface area contributed by atoms with Gasteiger partial charge in [-0.2, -0.15) is 0 Å². The number of piperidine rings is 1. The van der Waals surface area contributed by atoms with Crippen molar-refractivity contribution in [3.05, 3.63) is 59.6 Å². The van der Waals surface area contributed by atoms with Gasteiger partial charge in [-0.15, -0.1) is 5.10 Å². The van der Waals surface area contributed by atoms with E-state index in [0.717, 1.165) is 6.54 Å². The Morgan fingerprint density at radius 3 is 2.57 bits per heavy atom. The monoisotopic (exact) mass is 407 g/mol. The second-order valence-corrected chi connectivity index (χ2v) is 7.52. The predicted molar refractivity (Wildman–Crippen MR) is 117 cm³/mol. The van der Waals surface area contributed by atoms with Gasteiger partial charge in [-0.1, -0.05) is 30.7 Å². The Morgan fingerprint density at radius 1 is 1.07 bits per heavy atom. The Bertz CT molecular complexity index is 925. The van der Waals surface area contributed by atoms with Crippen LogP contribution in [0.3, 0.4) is 0 Å². The van der Waals surface area contributed by atoms with Crippen LogP contribution in [0.2, 0.25) is 0 Å². The van der Waals surface area contributed by atoms with Gasteiger partial charge in [0, 0.05) is 20.1 Å².